The molecule has 1 aromatic rings. The molecule has 0 aromatic heterocycles. The number of likely N-dealkylation sites (tertiary alicyclic amines) is 1. The van der Waals surface area contributed by atoms with E-state index in [9.17, 15) is 19.7 Å². The van der Waals surface area contributed by atoms with Gasteiger partial charge in [-0.25, -0.2) is 4.79 Å². The molecule has 152 valence electrons. The number of hydrogen-bond donors (Lipinski definition) is 1. The topological polar surface area (TPSA) is 99.0 Å². The molecule has 9 heteroatoms. The van der Waals surface area contributed by atoms with E-state index >= 15 is 0 Å². The van der Waals surface area contributed by atoms with Crippen LogP contribution in [-0.2, 0) is 4.79 Å². The Morgan fingerprint density at radius 3 is 2.43 bits per heavy atom. The average molecular weight is 389 g/mol. The number of amides is 3. The monoisotopic (exact) mass is 389 g/mol. The summed E-state index contributed by atoms with van der Waals surface area (Å²) in [5.74, 6) is 0.515. The number of nitro groups is 1. The Hall–Kier alpha value is -2.68. The smallest absolute Gasteiger partial charge is 0.321 e. The van der Waals surface area contributed by atoms with Crippen LogP contribution in [0, 0.1) is 16.0 Å². The highest BCUT2D eigenvalue weighted by molar-refractivity contribution is 5.89. The van der Waals surface area contributed by atoms with Gasteiger partial charge in [0, 0.05) is 63.5 Å². The van der Waals surface area contributed by atoms with Crippen molar-refractivity contribution in [3.63, 3.8) is 0 Å². The van der Waals surface area contributed by atoms with Crippen molar-refractivity contribution >= 4 is 23.3 Å². The summed E-state index contributed by atoms with van der Waals surface area (Å²) in [6.07, 6.45) is 2.13. The second-order valence-corrected chi connectivity index (χ2v) is 7.56. The van der Waals surface area contributed by atoms with Crippen molar-refractivity contribution < 1.29 is 14.5 Å². The van der Waals surface area contributed by atoms with E-state index in [0.29, 0.717) is 31.1 Å². The molecule has 2 aliphatic rings. The van der Waals surface area contributed by atoms with E-state index in [1.165, 1.54) is 12.1 Å². The minimum Gasteiger partial charge on any atom is -0.340 e. The molecule has 0 saturated carbocycles. The molecule has 0 radical (unpaired) electrons. The van der Waals surface area contributed by atoms with Gasteiger partial charge in [0.2, 0.25) is 5.91 Å². The summed E-state index contributed by atoms with van der Waals surface area (Å²) in [5, 5.41) is 13.6. The Morgan fingerprint density at radius 2 is 1.79 bits per heavy atom. The first-order valence-corrected chi connectivity index (χ1v) is 9.69. The van der Waals surface area contributed by atoms with Crippen LogP contribution < -0.4 is 5.32 Å². The van der Waals surface area contributed by atoms with Gasteiger partial charge in [0.05, 0.1) is 4.92 Å². The molecule has 2 aliphatic heterocycles. The number of piperidine rings is 1. The molecular weight excluding hydrogens is 362 g/mol. The van der Waals surface area contributed by atoms with Crippen LogP contribution in [0.15, 0.2) is 24.3 Å². The van der Waals surface area contributed by atoms with Gasteiger partial charge < -0.3 is 20.0 Å². The van der Waals surface area contributed by atoms with E-state index in [1.807, 2.05) is 4.90 Å². The second kappa shape index (κ2) is 9.01. The van der Waals surface area contributed by atoms with E-state index in [-0.39, 0.29) is 17.6 Å². The number of nitro benzene ring substituents is 1. The fraction of sp³-hybridized carbons (Fsp3) is 0.579. The van der Waals surface area contributed by atoms with Gasteiger partial charge in [-0.05, 0) is 31.9 Å². The number of piperazine rings is 1. The Balaban J connectivity index is 1.44. The number of rotatable bonds is 4. The number of nitrogens with one attached hydrogen (secondary N) is 1. The highest BCUT2D eigenvalue weighted by atomic mass is 16.6. The quantitative estimate of drug-likeness (QED) is 0.627. The van der Waals surface area contributed by atoms with Crippen LogP contribution in [-0.4, -0.2) is 77.9 Å². The van der Waals surface area contributed by atoms with Crippen LogP contribution in [0.5, 0.6) is 0 Å². The van der Waals surface area contributed by atoms with E-state index < -0.39 is 4.92 Å². The number of carbonyl (C=O) groups excluding carboxylic acids is 2. The van der Waals surface area contributed by atoms with Crippen molar-refractivity contribution in [2.45, 2.75) is 19.3 Å². The van der Waals surface area contributed by atoms with Crippen LogP contribution in [0.1, 0.15) is 19.3 Å². The van der Waals surface area contributed by atoms with Gasteiger partial charge in [0.25, 0.3) is 5.69 Å². The number of anilines is 1. The zero-order valence-corrected chi connectivity index (χ0v) is 16.2. The van der Waals surface area contributed by atoms with Gasteiger partial charge in [0.15, 0.2) is 0 Å². The van der Waals surface area contributed by atoms with E-state index in [4.69, 9.17) is 0 Å². The van der Waals surface area contributed by atoms with E-state index in [1.54, 1.807) is 17.0 Å². The molecule has 2 saturated heterocycles. The van der Waals surface area contributed by atoms with Crippen molar-refractivity contribution in [2.75, 3.05) is 51.6 Å². The Labute approximate surface area is 164 Å². The van der Waals surface area contributed by atoms with E-state index in [0.717, 1.165) is 39.0 Å². The van der Waals surface area contributed by atoms with Crippen LogP contribution in [0.4, 0.5) is 16.2 Å². The predicted octanol–water partition coefficient (Wildman–Crippen LogP) is 2.00. The Kier molecular flexibility index (Phi) is 6.45. The van der Waals surface area contributed by atoms with Gasteiger partial charge in [-0.2, -0.15) is 0 Å². The maximum absolute atomic E-state index is 12.5. The summed E-state index contributed by atoms with van der Waals surface area (Å²) < 4.78 is 0. The summed E-state index contributed by atoms with van der Waals surface area (Å²) >= 11 is 0. The number of nitrogens with zero attached hydrogens (tertiary/aromatic N) is 4. The van der Waals surface area contributed by atoms with Crippen molar-refractivity contribution in [1.82, 2.24) is 14.7 Å². The molecule has 0 aliphatic carbocycles. The summed E-state index contributed by atoms with van der Waals surface area (Å²) in [4.78, 5) is 41.1. The molecule has 0 spiro atoms. The molecule has 3 amide bonds. The maximum atomic E-state index is 12.5. The molecule has 0 atom stereocenters. The SMILES string of the molecule is CN1CCN(C(=O)CC2CCN(C(=O)Nc3cccc([N+](=O)[O-])c3)CC2)CC1. The summed E-state index contributed by atoms with van der Waals surface area (Å²) in [6, 6.07) is 5.65. The van der Waals surface area contributed by atoms with Crippen LogP contribution >= 0.6 is 0 Å². The molecule has 0 bridgehead atoms. The minimum atomic E-state index is -0.488. The molecule has 0 unspecified atom stereocenters. The van der Waals surface area contributed by atoms with Gasteiger partial charge in [-0.15, -0.1) is 0 Å². The number of benzene rings is 1. The van der Waals surface area contributed by atoms with Gasteiger partial charge in [-0.3, -0.25) is 14.9 Å². The molecule has 28 heavy (non-hydrogen) atoms. The highest BCUT2D eigenvalue weighted by Crippen LogP contribution is 2.23. The number of hydrogen-bond acceptors (Lipinski definition) is 5. The number of non-ortho nitro benzene ring substituents is 1. The minimum absolute atomic E-state index is 0.0565. The first kappa shape index (κ1) is 20.1. The third-order valence-corrected chi connectivity index (χ3v) is 5.53. The lowest BCUT2D eigenvalue weighted by molar-refractivity contribution is -0.384. The zero-order chi connectivity index (χ0) is 20.1. The average Bonchev–Trinajstić information content (AvgIpc) is 2.69. The lowest BCUT2D eigenvalue weighted by atomic mass is 9.93. The van der Waals surface area contributed by atoms with Crippen molar-refractivity contribution in [1.29, 1.82) is 0 Å². The second-order valence-electron chi connectivity index (χ2n) is 7.56. The van der Waals surface area contributed by atoms with Crippen LogP contribution in [0.2, 0.25) is 0 Å². The summed E-state index contributed by atoms with van der Waals surface area (Å²) in [7, 11) is 2.07. The van der Waals surface area contributed by atoms with Gasteiger partial charge in [0.1, 0.15) is 0 Å². The first-order valence-electron chi connectivity index (χ1n) is 9.69. The molecule has 3 rings (SSSR count). The van der Waals surface area contributed by atoms with Crippen LogP contribution in [0.25, 0.3) is 0 Å². The highest BCUT2D eigenvalue weighted by Gasteiger charge is 2.27. The van der Waals surface area contributed by atoms with E-state index in [2.05, 4.69) is 17.3 Å². The predicted molar refractivity (Wildman–Crippen MR) is 105 cm³/mol. The van der Waals surface area contributed by atoms with Crippen molar-refractivity contribution in [2.24, 2.45) is 5.92 Å². The first-order chi connectivity index (χ1) is 13.4. The number of urea groups is 1. The molecular formula is C19H27N5O4. The fourth-order valence-electron chi connectivity index (χ4n) is 3.67. The Morgan fingerprint density at radius 1 is 1.11 bits per heavy atom. The lowest BCUT2D eigenvalue weighted by Crippen LogP contribution is -2.48. The maximum Gasteiger partial charge on any atom is 0.321 e. The normalized spacial score (nSPS) is 18.8. The molecule has 2 heterocycles. The summed E-state index contributed by atoms with van der Waals surface area (Å²) in [5.41, 5.74) is 0.352. The van der Waals surface area contributed by atoms with Gasteiger partial charge in [-0.1, -0.05) is 6.07 Å². The van der Waals surface area contributed by atoms with Gasteiger partial charge >= 0.3 is 6.03 Å². The standard InChI is InChI=1S/C19H27N5O4/c1-21-9-11-22(12-10-21)18(25)13-15-5-7-23(8-6-15)19(26)20-16-3-2-4-17(14-16)24(27)28/h2-4,14-15H,5-13H2,1H3,(H,20,26). The van der Waals surface area contributed by atoms with Crippen molar-refractivity contribution in [3.05, 3.63) is 34.4 Å². The number of carbonyl (C=O) groups is 2. The largest absolute Gasteiger partial charge is 0.340 e. The molecule has 1 N–H and O–H groups in total. The number of likely N-dealkylation sites (N-methyl/N-ethyl adjacent to an activating group) is 1. The third kappa shape index (κ3) is 5.19. The molecule has 9 nitrogen and oxygen atoms in total. The fourth-order valence-corrected chi connectivity index (χ4v) is 3.67. The van der Waals surface area contributed by atoms with Crippen LogP contribution in [0.3, 0.4) is 0 Å². The van der Waals surface area contributed by atoms with Crippen molar-refractivity contribution in [3.8, 4) is 0 Å². The molecule has 2 fully saturated rings. The molecule has 1 aromatic carbocycles. The lowest BCUT2D eigenvalue weighted by Gasteiger charge is -2.35. The third-order valence-electron chi connectivity index (χ3n) is 5.53. The Bertz CT molecular complexity index is 725. The zero-order valence-electron chi connectivity index (χ0n) is 16.2. The summed E-state index contributed by atoms with van der Waals surface area (Å²) in [6.45, 7) is 4.59.